The number of nitrogens with two attached hydrogens (primary N) is 1. The summed E-state index contributed by atoms with van der Waals surface area (Å²) in [6, 6.07) is 6.86. The van der Waals surface area contributed by atoms with Crippen molar-refractivity contribution in [1.82, 2.24) is 54.7 Å². The fourth-order valence-corrected chi connectivity index (χ4v) is 16.6. The van der Waals surface area contributed by atoms with Gasteiger partial charge in [0.15, 0.2) is 44.0 Å². The Morgan fingerprint density at radius 1 is 0.623 bits per heavy atom. The Hall–Kier alpha value is -9.02. The molecule has 6 aliphatic rings. The van der Waals surface area contributed by atoms with Crippen molar-refractivity contribution in [2.75, 3.05) is 71.6 Å². The molecule has 0 radical (unpaired) electrons. The first-order valence-electron chi connectivity index (χ1n) is 35.1. The van der Waals surface area contributed by atoms with Gasteiger partial charge in [0.25, 0.3) is 17.8 Å². The summed E-state index contributed by atoms with van der Waals surface area (Å²) < 4.78 is 157. The molecule has 9 heterocycles. The number of sulfone groups is 1. The number of aliphatic carboxylic acids is 1. The lowest BCUT2D eigenvalue weighted by Gasteiger charge is -2.31. The van der Waals surface area contributed by atoms with E-state index in [1.54, 1.807) is 85.6 Å². The topological polar surface area (TPSA) is 342 Å². The summed E-state index contributed by atoms with van der Waals surface area (Å²) in [4.78, 5) is 106. The molecule has 6 atom stereocenters. The number of alkyl halides is 6. The lowest BCUT2D eigenvalue weighted by atomic mass is 9.95. The highest BCUT2D eigenvalue weighted by Crippen LogP contribution is 2.44. The normalized spacial score (nSPS) is 21.4. The average molecular weight is 1760 g/mol. The predicted octanol–water partition coefficient (Wildman–Crippen LogP) is 10.2. The smallest absolute Gasteiger partial charge is 0.338 e. The number of amidine groups is 3. The Morgan fingerprint density at radius 2 is 1.06 bits per heavy atom. The van der Waals surface area contributed by atoms with Gasteiger partial charge in [0.2, 0.25) is 5.91 Å². The van der Waals surface area contributed by atoms with Crippen LogP contribution in [-0.4, -0.2) is 213 Å². The maximum Gasteiger partial charge on any atom is 0.338 e. The number of carboxylic acids is 1. The number of amides is 1. The van der Waals surface area contributed by atoms with Gasteiger partial charge in [0, 0.05) is 181 Å². The third kappa shape index (κ3) is 21.9. The highest BCUT2D eigenvalue weighted by molar-refractivity contribution is 9.10. The van der Waals surface area contributed by atoms with E-state index >= 15 is 0 Å². The van der Waals surface area contributed by atoms with Crippen LogP contribution in [0, 0.1) is 11.6 Å². The molecule has 6 unspecified atom stereocenters. The summed E-state index contributed by atoms with van der Waals surface area (Å²) in [5.41, 5.74) is 7.42. The molecule has 41 heteroatoms. The van der Waals surface area contributed by atoms with Gasteiger partial charge in [-0.3, -0.25) is 44.1 Å². The van der Waals surface area contributed by atoms with Crippen molar-refractivity contribution < 1.29 is 91.6 Å². The minimum Gasteiger partial charge on any atom is -0.481 e. The zero-order valence-corrected chi connectivity index (χ0v) is 67.2. The van der Waals surface area contributed by atoms with Crippen molar-refractivity contribution in [3.05, 3.63) is 189 Å². The van der Waals surface area contributed by atoms with Gasteiger partial charge in [-0.1, -0.05) is 68.9 Å². The van der Waals surface area contributed by atoms with E-state index in [1.165, 1.54) is 69.5 Å². The van der Waals surface area contributed by atoms with Crippen LogP contribution in [0.25, 0.3) is 0 Å². The summed E-state index contributed by atoms with van der Waals surface area (Å²) in [6.07, 6.45) is 6.41. The number of aromatic nitrogens is 5. The molecule has 6 N–H and O–H groups in total. The number of likely N-dealkylation sites (tertiary alicyclic amines) is 3. The summed E-state index contributed by atoms with van der Waals surface area (Å²) in [5.74, 6) is -14.0. The van der Waals surface area contributed by atoms with Gasteiger partial charge < -0.3 is 50.1 Å². The van der Waals surface area contributed by atoms with E-state index in [-0.39, 0.29) is 108 Å². The van der Waals surface area contributed by atoms with Crippen LogP contribution in [0.1, 0.15) is 110 Å². The van der Waals surface area contributed by atoms with Crippen LogP contribution in [0.5, 0.6) is 0 Å². The average Bonchev–Trinajstić information content (AvgIpc) is 1.31. The highest BCUT2D eigenvalue weighted by atomic mass is 79.9. The number of carbonyl (C=O) groups is 6. The minimum atomic E-state index is -3.63. The number of Topliss-reactive ketones (excluding diaryl/α,β-unsaturated/α-hetero) is 1. The number of ketones is 1. The van der Waals surface area contributed by atoms with Crippen LogP contribution in [0.3, 0.4) is 0 Å². The number of rotatable bonds is 26. The number of halogens is 12. The van der Waals surface area contributed by atoms with Crippen molar-refractivity contribution in [1.29, 1.82) is 0 Å². The van der Waals surface area contributed by atoms with Gasteiger partial charge in [-0.25, -0.2) is 72.9 Å². The molecule has 0 aliphatic carbocycles. The molecule has 6 aliphatic heterocycles. The molecule has 3 saturated heterocycles. The van der Waals surface area contributed by atoms with Crippen LogP contribution >= 0.6 is 62.1 Å². The van der Waals surface area contributed by atoms with Gasteiger partial charge in [0.1, 0.15) is 41.3 Å². The Kier molecular flexibility index (Phi) is 28.2. The lowest BCUT2D eigenvalue weighted by Crippen LogP contribution is -2.43. The summed E-state index contributed by atoms with van der Waals surface area (Å²) in [5, 5.41) is 21.2. The number of carboxylic acid groups (broad SMARTS) is 1. The molecule has 12 rings (SSSR count). The van der Waals surface area contributed by atoms with Crippen LogP contribution in [0.4, 0.5) is 35.1 Å². The highest BCUT2D eigenvalue weighted by Gasteiger charge is 2.50. The molecule has 3 aromatic carbocycles. The van der Waals surface area contributed by atoms with Crippen LogP contribution < -0.4 is 21.7 Å². The second-order valence-corrected chi connectivity index (χ2v) is 32.6. The second kappa shape index (κ2) is 36.9. The number of benzene rings is 3. The summed E-state index contributed by atoms with van der Waals surface area (Å²) >= 11 is 23.6. The molecular weight excluding hydrogens is 1680 g/mol. The molecule has 1 amide bonds. The predicted molar refractivity (Wildman–Crippen MR) is 409 cm³/mol. The van der Waals surface area contributed by atoms with Crippen LogP contribution in [-0.2, 0) is 66.9 Å². The number of thiazole rings is 1. The standard InChI is InChI=1S/C25H26BrF3N4O5S2.C24H26Cl2F2N6O3.C24H25ClF3N5O4/c1-3-38-24(35)20-19(11-33-13-25(28,29)10-15(33)9-16(34)12-40(2,36)37)31-22(23-30-6-7-39-23)32-21(20)17-5-4-14(27)8-18(17)26;1-3-37-23(36)19-17(11-34-12-24(27,28)10-14(34)9-18(29)35)31-21(22-30-6-7-33(22)2)32-20(19)15-5-4-13(25)8-16(15)26;1-32-8-7-29-22(32)21-30-17(11-33-12-24(27,28)10-14(33)4-6-18(34)35)19(23(36)37-2)20(31-21)15-5-3-13(26)9-16(15)25/h4-8,15,21H,3,9-13H2,1-2H3,(H,31,32);4-8,14,20H,3,9-12H2,1-2H3,(H2,29,35)(H,31,32);3,5,7-9,14,20H,4,6,10-12H2,1-2H3,(H,30,31)(H,34,35). The molecule has 3 fully saturated rings. The van der Waals surface area contributed by atoms with Crippen LogP contribution in [0.15, 0.2) is 144 Å². The van der Waals surface area contributed by atoms with E-state index in [1.807, 2.05) is 0 Å². The lowest BCUT2D eigenvalue weighted by molar-refractivity contribution is -0.139. The third-order valence-electron chi connectivity index (χ3n) is 18.8. The second-order valence-electron chi connectivity index (χ2n) is 27.5. The maximum atomic E-state index is 14.6. The Morgan fingerprint density at radius 3 is 1.49 bits per heavy atom. The molecule has 0 spiro atoms. The number of primary amides is 1. The van der Waals surface area contributed by atoms with Gasteiger partial charge in [-0.2, -0.15) is 0 Å². The van der Waals surface area contributed by atoms with E-state index in [0.29, 0.717) is 48.7 Å². The van der Waals surface area contributed by atoms with Gasteiger partial charge in [0.05, 0.1) is 56.7 Å². The Bertz CT molecular complexity index is 4990. The molecule has 0 saturated carbocycles. The van der Waals surface area contributed by atoms with E-state index in [9.17, 15) is 72.3 Å². The number of nitrogens with zero attached hydrogens (tertiary/aromatic N) is 11. The van der Waals surface area contributed by atoms with Crippen molar-refractivity contribution in [3.8, 4) is 0 Å². The van der Waals surface area contributed by atoms with Crippen molar-refractivity contribution >= 4 is 125 Å². The number of methoxy groups -OCH3 is 1. The monoisotopic (exact) mass is 1760 g/mol. The first-order valence-corrected chi connectivity index (χ1v) is 40.0. The molecule has 0 bridgehead atoms. The summed E-state index contributed by atoms with van der Waals surface area (Å²) in [6.45, 7) is 0.966. The SMILES string of the molecule is CCOC(=O)C1=C(CN2CC(F)(F)CC2CC(=O)CS(C)(=O)=O)NC(c2nccs2)=NC1c1ccc(F)cc1Br.CCOC(=O)C1=C(CN2CC(F)(F)CC2CC(N)=O)NC(c2nccn2C)=NC1c1ccc(Cl)cc1Cl.COC(=O)C1=C(CN2CC(F)(F)CC2CCC(=O)O)NC(c2nccn2C)=NC1c1ccc(F)cc1Cl. The van der Waals surface area contributed by atoms with Crippen molar-refractivity contribution in [2.45, 2.75) is 113 Å². The molecule has 27 nitrogen and oxygen atoms in total. The van der Waals surface area contributed by atoms with E-state index in [4.69, 9.17) is 64.8 Å². The minimum absolute atomic E-state index is 0.0132. The van der Waals surface area contributed by atoms with Crippen molar-refractivity contribution in [3.63, 3.8) is 0 Å². The van der Waals surface area contributed by atoms with Gasteiger partial charge >= 0.3 is 23.9 Å². The van der Waals surface area contributed by atoms with Crippen molar-refractivity contribution in [2.24, 2.45) is 34.8 Å². The largest absolute Gasteiger partial charge is 0.481 e. The molecular formula is C73H77BrCl3F8N15O12S2. The Balaban J connectivity index is 0.000000181. The van der Waals surface area contributed by atoms with E-state index in [2.05, 4.69) is 56.8 Å². The molecule has 114 heavy (non-hydrogen) atoms. The number of imidazole rings is 2. The first-order chi connectivity index (χ1) is 53.7. The number of ether oxygens (including phenoxy) is 3. The van der Waals surface area contributed by atoms with Gasteiger partial charge in [-0.05, 0) is 62.2 Å². The Labute approximate surface area is 675 Å². The number of aryl methyl sites for hydroxylation is 2. The maximum absolute atomic E-state index is 14.6. The van der Waals surface area contributed by atoms with Crippen LogP contribution in [0.2, 0.25) is 15.1 Å². The number of carbonyl (C=O) groups excluding carboxylic acids is 5. The number of nitrogens with one attached hydrogen (secondary N) is 3. The fourth-order valence-electron chi connectivity index (χ4n) is 14.0. The van der Waals surface area contributed by atoms with Gasteiger partial charge in [-0.15, -0.1) is 11.3 Å². The van der Waals surface area contributed by atoms with E-state index < -0.39 is 162 Å². The van der Waals surface area contributed by atoms with E-state index in [0.717, 1.165) is 12.3 Å². The fraction of sp³-hybridized carbons (Fsp3) is 0.425. The number of esters is 3. The first kappa shape index (κ1) is 87.4. The zero-order valence-electron chi connectivity index (χ0n) is 61.7. The quantitative estimate of drug-likeness (QED) is 0.0191. The molecule has 612 valence electrons. The number of hydrogen-bond acceptors (Lipinski definition) is 24. The third-order valence-corrected chi connectivity index (χ3v) is 22.0. The molecule has 6 aromatic rings. The summed E-state index contributed by atoms with van der Waals surface area (Å²) in [7, 11) is 1.04. The molecule has 3 aromatic heterocycles. The zero-order chi connectivity index (χ0) is 83.1. The number of hydrogen-bond donors (Lipinski definition) is 5. The number of aliphatic imine (C=N–C) groups is 3.